The second-order valence-corrected chi connectivity index (χ2v) is 4.12. The highest BCUT2D eigenvalue weighted by molar-refractivity contribution is 7.98. The van der Waals surface area contributed by atoms with Gasteiger partial charge in [0, 0.05) is 0 Å². The van der Waals surface area contributed by atoms with Gasteiger partial charge in [-0.25, -0.2) is 4.39 Å². The Morgan fingerprint density at radius 3 is 2.65 bits per heavy atom. The fourth-order valence-electron chi connectivity index (χ4n) is 1.27. The van der Waals surface area contributed by atoms with Crippen LogP contribution < -0.4 is 0 Å². The largest absolute Gasteiger partial charge is 0.211 e. The summed E-state index contributed by atoms with van der Waals surface area (Å²) in [5, 5.41) is 12.9. The lowest BCUT2D eigenvalue weighted by Crippen LogP contribution is -1.95. The minimum Gasteiger partial charge on any atom is -0.207 e. The Kier molecular flexibility index (Phi) is 3.53. The molecular weight excluding hydrogens is 239 g/mol. The van der Waals surface area contributed by atoms with Crippen molar-refractivity contribution in [3.05, 3.63) is 41.5 Å². The van der Waals surface area contributed by atoms with Crippen molar-refractivity contribution in [2.24, 2.45) is 5.10 Å². The van der Waals surface area contributed by atoms with Crippen molar-refractivity contribution in [1.29, 1.82) is 0 Å². The van der Waals surface area contributed by atoms with Gasteiger partial charge in [-0.2, -0.15) is 9.78 Å². The molecule has 1 aromatic carbocycles. The van der Waals surface area contributed by atoms with Crippen LogP contribution in [0, 0.1) is 12.7 Å². The van der Waals surface area contributed by atoms with Gasteiger partial charge in [0.1, 0.15) is 5.82 Å². The third-order valence-electron chi connectivity index (χ3n) is 2.14. The van der Waals surface area contributed by atoms with Gasteiger partial charge in [-0.1, -0.05) is 23.9 Å². The number of hydrogen-bond acceptors (Lipinski definition) is 4. The van der Waals surface area contributed by atoms with E-state index in [-0.39, 0.29) is 5.82 Å². The average Bonchev–Trinajstić information content (AvgIpc) is 2.69. The van der Waals surface area contributed by atoms with E-state index >= 15 is 0 Å². The molecule has 2 aromatic rings. The number of aryl methyl sites for hydroxylation is 1. The molecule has 0 saturated heterocycles. The number of thioether (sulfide) groups is 1. The molecule has 0 aliphatic rings. The summed E-state index contributed by atoms with van der Waals surface area (Å²) >= 11 is 1.47. The van der Waals surface area contributed by atoms with Crippen LogP contribution >= 0.6 is 11.8 Å². The SMILES string of the molecule is CSc1nnc(C)n1/N=C\c1ccc(F)cc1. The van der Waals surface area contributed by atoms with Crippen LogP contribution in [-0.2, 0) is 0 Å². The molecule has 0 aliphatic heterocycles. The first kappa shape index (κ1) is 11.8. The van der Waals surface area contributed by atoms with Gasteiger partial charge in [-0.05, 0) is 30.9 Å². The molecule has 0 unspecified atom stereocenters. The molecule has 0 fully saturated rings. The molecule has 17 heavy (non-hydrogen) atoms. The number of benzene rings is 1. The fraction of sp³-hybridized carbons (Fsp3) is 0.182. The van der Waals surface area contributed by atoms with Crippen molar-refractivity contribution in [2.45, 2.75) is 12.1 Å². The minimum atomic E-state index is -0.257. The maximum atomic E-state index is 12.7. The van der Waals surface area contributed by atoms with Gasteiger partial charge >= 0.3 is 0 Å². The molecule has 6 heteroatoms. The Morgan fingerprint density at radius 1 is 1.29 bits per heavy atom. The lowest BCUT2D eigenvalue weighted by molar-refractivity contribution is 0.628. The number of aromatic nitrogens is 3. The standard InChI is InChI=1S/C11H11FN4S/c1-8-14-15-11(17-2)16(8)13-7-9-3-5-10(12)6-4-9/h3-7H,1-2H3/b13-7-. The summed E-state index contributed by atoms with van der Waals surface area (Å²) in [6, 6.07) is 6.13. The van der Waals surface area contributed by atoms with Crippen LogP contribution in [0.25, 0.3) is 0 Å². The van der Waals surface area contributed by atoms with E-state index in [1.807, 2.05) is 13.2 Å². The molecule has 0 N–H and O–H groups in total. The van der Waals surface area contributed by atoms with E-state index in [2.05, 4.69) is 15.3 Å². The van der Waals surface area contributed by atoms with E-state index in [1.165, 1.54) is 23.9 Å². The van der Waals surface area contributed by atoms with Gasteiger partial charge in [-0.15, -0.1) is 10.2 Å². The predicted octanol–water partition coefficient (Wildman–Crippen LogP) is 2.33. The Hall–Kier alpha value is -1.69. The van der Waals surface area contributed by atoms with Crippen LogP contribution in [0.3, 0.4) is 0 Å². The summed E-state index contributed by atoms with van der Waals surface area (Å²) in [5.74, 6) is 0.458. The van der Waals surface area contributed by atoms with E-state index in [9.17, 15) is 4.39 Å². The molecular formula is C11H11FN4S. The first-order valence-corrected chi connectivity index (χ1v) is 6.19. The van der Waals surface area contributed by atoms with Crippen LogP contribution in [0.15, 0.2) is 34.5 Å². The minimum absolute atomic E-state index is 0.257. The highest BCUT2D eigenvalue weighted by Gasteiger charge is 2.05. The van der Waals surface area contributed by atoms with E-state index in [1.54, 1.807) is 23.0 Å². The molecule has 4 nitrogen and oxygen atoms in total. The molecule has 2 rings (SSSR count). The molecule has 0 saturated carbocycles. The van der Waals surface area contributed by atoms with Crippen molar-refractivity contribution < 1.29 is 4.39 Å². The summed E-state index contributed by atoms with van der Waals surface area (Å²) in [6.07, 6.45) is 3.56. The quantitative estimate of drug-likeness (QED) is 0.620. The summed E-state index contributed by atoms with van der Waals surface area (Å²) in [5.41, 5.74) is 0.826. The molecule has 0 radical (unpaired) electrons. The van der Waals surface area contributed by atoms with Crippen molar-refractivity contribution in [1.82, 2.24) is 14.9 Å². The molecule has 0 spiro atoms. The van der Waals surface area contributed by atoms with Gasteiger partial charge in [0.15, 0.2) is 5.82 Å². The smallest absolute Gasteiger partial charge is 0.207 e. The van der Waals surface area contributed by atoms with E-state index in [0.717, 1.165) is 10.7 Å². The average molecular weight is 250 g/mol. The molecule has 1 aromatic heterocycles. The summed E-state index contributed by atoms with van der Waals surface area (Å²) in [6.45, 7) is 1.83. The van der Waals surface area contributed by atoms with Crippen LogP contribution in [0.4, 0.5) is 4.39 Å². The van der Waals surface area contributed by atoms with Crippen molar-refractivity contribution in [3.8, 4) is 0 Å². The van der Waals surface area contributed by atoms with Gasteiger partial charge in [0.05, 0.1) is 6.21 Å². The van der Waals surface area contributed by atoms with Crippen molar-refractivity contribution in [2.75, 3.05) is 6.26 Å². The number of halogens is 1. The molecule has 0 bridgehead atoms. The predicted molar refractivity (Wildman–Crippen MR) is 65.9 cm³/mol. The molecule has 0 aliphatic carbocycles. The van der Waals surface area contributed by atoms with E-state index in [0.29, 0.717) is 5.82 Å². The first-order chi connectivity index (χ1) is 8.20. The monoisotopic (exact) mass is 250 g/mol. The molecule has 0 atom stereocenters. The zero-order chi connectivity index (χ0) is 12.3. The normalized spacial score (nSPS) is 11.2. The third-order valence-corrected chi connectivity index (χ3v) is 2.76. The zero-order valence-electron chi connectivity index (χ0n) is 9.46. The highest BCUT2D eigenvalue weighted by atomic mass is 32.2. The van der Waals surface area contributed by atoms with Crippen LogP contribution in [0.5, 0.6) is 0 Å². The maximum Gasteiger partial charge on any atom is 0.211 e. The van der Waals surface area contributed by atoms with E-state index in [4.69, 9.17) is 0 Å². The fourth-order valence-corrected chi connectivity index (χ4v) is 1.75. The number of hydrogen-bond donors (Lipinski definition) is 0. The zero-order valence-corrected chi connectivity index (χ0v) is 10.3. The summed E-state index contributed by atoms with van der Waals surface area (Å²) < 4.78 is 14.4. The Labute approximate surface area is 103 Å². The molecule has 0 amide bonds. The van der Waals surface area contributed by atoms with Gasteiger partial charge in [0.25, 0.3) is 0 Å². The second-order valence-electron chi connectivity index (χ2n) is 3.34. The lowest BCUT2D eigenvalue weighted by Gasteiger charge is -1.98. The lowest BCUT2D eigenvalue weighted by atomic mass is 10.2. The Morgan fingerprint density at radius 2 is 2.00 bits per heavy atom. The van der Waals surface area contributed by atoms with Crippen LogP contribution in [0.1, 0.15) is 11.4 Å². The maximum absolute atomic E-state index is 12.7. The van der Waals surface area contributed by atoms with Crippen molar-refractivity contribution in [3.63, 3.8) is 0 Å². The van der Waals surface area contributed by atoms with E-state index < -0.39 is 0 Å². The topological polar surface area (TPSA) is 43.1 Å². The first-order valence-electron chi connectivity index (χ1n) is 4.96. The Bertz CT molecular complexity index is 533. The number of nitrogens with zero attached hydrogens (tertiary/aromatic N) is 4. The summed E-state index contributed by atoms with van der Waals surface area (Å²) in [7, 11) is 0. The third kappa shape index (κ3) is 2.71. The Balaban J connectivity index is 2.25. The second kappa shape index (κ2) is 5.09. The van der Waals surface area contributed by atoms with Crippen molar-refractivity contribution >= 4 is 18.0 Å². The van der Waals surface area contributed by atoms with Crippen LogP contribution in [0.2, 0.25) is 0 Å². The molecule has 1 heterocycles. The van der Waals surface area contributed by atoms with Gasteiger partial charge in [0.2, 0.25) is 5.16 Å². The summed E-state index contributed by atoms with van der Waals surface area (Å²) in [4.78, 5) is 0. The number of rotatable bonds is 3. The molecule has 88 valence electrons. The van der Waals surface area contributed by atoms with Crippen LogP contribution in [-0.4, -0.2) is 27.3 Å². The highest BCUT2D eigenvalue weighted by Crippen LogP contribution is 2.12. The van der Waals surface area contributed by atoms with Gasteiger partial charge < -0.3 is 0 Å². The van der Waals surface area contributed by atoms with Gasteiger partial charge in [-0.3, -0.25) is 0 Å².